The van der Waals surface area contributed by atoms with Crippen molar-refractivity contribution >= 4 is 0 Å². The number of ether oxygens (including phenoxy) is 1. The molecule has 100 valence electrons. The summed E-state index contributed by atoms with van der Waals surface area (Å²) in [5.41, 5.74) is 0.987. The Morgan fingerprint density at radius 1 is 1.33 bits per heavy atom. The Labute approximate surface area is 109 Å². The number of benzene rings is 1. The summed E-state index contributed by atoms with van der Waals surface area (Å²) in [5.74, 6) is 0.459. The van der Waals surface area contributed by atoms with Crippen molar-refractivity contribution < 1.29 is 9.13 Å². The smallest absolute Gasteiger partial charge is 0.127 e. The van der Waals surface area contributed by atoms with Gasteiger partial charge in [0.1, 0.15) is 17.7 Å². The largest absolute Gasteiger partial charge is 0.490 e. The summed E-state index contributed by atoms with van der Waals surface area (Å²) < 4.78 is 19.1. The van der Waals surface area contributed by atoms with Gasteiger partial charge in [-0.1, -0.05) is 20.8 Å². The number of aryl methyl sites for hydroxylation is 1. The molecule has 1 aromatic carbocycles. The fourth-order valence-electron chi connectivity index (χ4n) is 2.35. The van der Waals surface area contributed by atoms with Crippen molar-refractivity contribution in [3.63, 3.8) is 0 Å². The first kappa shape index (κ1) is 13.3. The maximum Gasteiger partial charge on any atom is 0.127 e. The molecule has 0 unspecified atom stereocenters. The third kappa shape index (κ3) is 3.45. The Bertz CT molecular complexity index is 399. The molecule has 0 heterocycles. The lowest BCUT2D eigenvalue weighted by Gasteiger charge is -2.37. The first-order valence-corrected chi connectivity index (χ1v) is 6.79. The molecule has 0 bridgehead atoms. The first-order valence-electron chi connectivity index (χ1n) is 6.79. The molecule has 0 aromatic heterocycles. The summed E-state index contributed by atoms with van der Waals surface area (Å²) in [4.78, 5) is 0. The lowest BCUT2D eigenvalue weighted by Crippen LogP contribution is -2.49. The Hall–Kier alpha value is -1.09. The van der Waals surface area contributed by atoms with Gasteiger partial charge in [-0.15, -0.1) is 0 Å². The molecule has 1 N–H and O–H groups in total. The highest BCUT2D eigenvalue weighted by Crippen LogP contribution is 2.27. The number of rotatable bonds is 5. The van der Waals surface area contributed by atoms with E-state index in [1.165, 1.54) is 6.07 Å². The molecule has 1 fully saturated rings. The molecule has 0 atom stereocenters. The van der Waals surface area contributed by atoms with Crippen LogP contribution in [0.4, 0.5) is 4.39 Å². The molecule has 2 rings (SSSR count). The van der Waals surface area contributed by atoms with Gasteiger partial charge < -0.3 is 10.1 Å². The monoisotopic (exact) mass is 251 g/mol. The molecule has 3 heteroatoms. The van der Waals surface area contributed by atoms with Crippen molar-refractivity contribution in [1.29, 1.82) is 0 Å². The Kier molecular flexibility index (Phi) is 4.23. The van der Waals surface area contributed by atoms with Crippen LogP contribution < -0.4 is 10.1 Å². The summed E-state index contributed by atoms with van der Waals surface area (Å²) in [6.07, 6.45) is 3.08. The topological polar surface area (TPSA) is 21.3 Å². The lowest BCUT2D eigenvalue weighted by molar-refractivity contribution is 0.0811. The minimum atomic E-state index is -0.208. The number of hydrogen-bond donors (Lipinski definition) is 1. The second kappa shape index (κ2) is 5.70. The maximum atomic E-state index is 13.3. The Balaban J connectivity index is 1.86. The molecule has 0 saturated heterocycles. The maximum absolute atomic E-state index is 13.3. The van der Waals surface area contributed by atoms with Gasteiger partial charge in [0, 0.05) is 18.2 Å². The van der Waals surface area contributed by atoms with Gasteiger partial charge in [0.25, 0.3) is 0 Å². The van der Waals surface area contributed by atoms with Gasteiger partial charge in [-0.05, 0) is 37.0 Å². The molecule has 1 aromatic rings. The normalized spacial score (nSPS) is 22.9. The van der Waals surface area contributed by atoms with E-state index in [1.807, 2.05) is 13.0 Å². The zero-order valence-electron chi connectivity index (χ0n) is 11.4. The molecular weight excluding hydrogens is 229 g/mol. The van der Waals surface area contributed by atoms with E-state index in [0.29, 0.717) is 17.8 Å². The average Bonchev–Trinajstić information content (AvgIpc) is 2.24. The molecule has 0 aliphatic heterocycles. The summed E-state index contributed by atoms with van der Waals surface area (Å²) in [5, 5.41) is 3.47. The molecule has 0 radical (unpaired) electrons. The van der Waals surface area contributed by atoms with Crippen molar-refractivity contribution in [2.24, 2.45) is 0 Å². The standard InChI is InChI=1S/C15H22FNO/c1-4-11-5-12(16)7-14(6-11)18-15-8-13(9-15)17-10(2)3/h5-7,10,13,15,17H,4,8-9H2,1-3H3/t13-,15+. The van der Waals surface area contributed by atoms with Crippen LogP contribution in [-0.2, 0) is 6.42 Å². The zero-order chi connectivity index (χ0) is 13.1. The highest BCUT2D eigenvalue weighted by molar-refractivity contribution is 5.30. The molecular formula is C15H22FNO. The van der Waals surface area contributed by atoms with E-state index < -0.39 is 0 Å². The third-order valence-corrected chi connectivity index (χ3v) is 3.31. The summed E-state index contributed by atoms with van der Waals surface area (Å²) in [6.45, 7) is 6.31. The summed E-state index contributed by atoms with van der Waals surface area (Å²) in [7, 11) is 0. The predicted molar refractivity (Wildman–Crippen MR) is 71.5 cm³/mol. The van der Waals surface area contributed by atoms with Crippen molar-refractivity contribution in [3.05, 3.63) is 29.6 Å². The van der Waals surface area contributed by atoms with Crippen LogP contribution in [0.3, 0.4) is 0 Å². The van der Waals surface area contributed by atoms with Crippen LogP contribution in [0.5, 0.6) is 5.75 Å². The van der Waals surface area contributed by atoms with Crippen LogP contribution in [0.2, 0.25) is 0 Å². The molecule has 2 nitrogen and oxygen atoms in total. The Morgan fingerprint density at radius 2 is 2.06 bits per heavy atom. The van der Waals surface area contributed by atoms with Crippen LogP contribution in [0, 0.1) is 5.82 Å². The second-order valence-corrected chi connectivity index (χ2v) is 5.38. The van der Waals surface area contributed by atoms with E-state index in [9.17, 15) is 4.39 Å². The van der Waals surface area contributed by atoms with E-state index in [1.54, 1.807) is 6.07 Å². The highest BCUT2D eigenvalue weighted by Gasteiger charge is 2.31. The molecule has 1 aliphatic carbocycles. The SMILES string of the molecule is CCc1cc(F)cc(O[C@H]2C[C@@H](NC(C)C)C2)c1. The molecule has 1 aliphatic rings. The number of halogens is 1. The number of nitrogens with one attached hydrogen (secondary N) is 1. The van der Waals surface area contributed by atoms with Gasteiger partial charge in [-0.2, -0.15) is 0 Å². The fraction of sp³-hybridized carbons (Fsp3) is 0.600. The van der Waals surface area contributed by atoms with E-state index in [2.05, 4.69) is 19.2 Å². The predicted octanol–water partition coefficient (Wildman–Crippen LogP) is 3.30. The van der Waals surface area contributed by atoms with Crippen molar-refractivity contribution in [2.75, 3.05) is 0 Å². The van der Waals surface area contributed by atoms with Gasteiger partial charge >= 0.3 is 0 Å². The molecule has 18 heavy (non-hydrogen) atoms. The van der Waals surface area contributed by atoms with E-state index in [0.717, 1.165) is 24.8 Å². The zero-order valence-corrected chi connectivity index (χ0v) is 11.4. The van der Waals surface area contributed by atoms with Crippen LogP contribution in [0.25, 0.3) is 0 Å². The quantitative estimate of drug-likeness (QED) is 0.867. The van der Waals surface area contributed by atoms with Crippen LogP contribution in [0.15, 0.2) is 18.2 Å². The lowest BCUT2D eigenvalue weighted by atomic mass is 9.88. The highest BCUT2D eigenvalue weighted by atomic mass is 19.1. The van der Waals surface area contributed by atoms with Crippen molar-refractivity contribution in [1.82, 2.24) is 5.32 Å². The first-order chi connectivity index (χ1) is 8.56. The summed E-state index contributed by atoms with van der Waals surface area (Å²) >= 11 is 0. The Morgan fingerprint density at radius 3 is 2.67 bits per heavy atom. The minimum Gasteiger partial charge on any atom is -0.490 e. The van der Waals surface area contributed by atoms with Crippen molar-refractivity contribution in [2.45, 2.75) is 58.2 Å². The molecule has 0 spiro atoms. The van der Waals surface area contributed by atoms with Crippen molar-refractivity contribution in [3.8, 4) is 5.75 Å². The van der Waals surface area contributed by atoms with E-state index >= 15 is 0 Å². The van der Waals surface area contributed by atoms with E-state index in [4.69, 9.17) is 4.74 Å². The van der Waals surface area contributed by atoms with Gasteiger partial charge in [-0.25, -0.2) is 4.39 Å². The number of hydrogen-bond acceptors (Lipinski definition) is 2. The molecule has 0 amide bonds. The fourth-order valence-corrected chi connectivity index (χ4v) is 2.35. The van der Waals surface area contributed by atoms with Gasteiger partial charge in [0.2, 0.25) is 0 Å². The third-order valence-electron chi connectivity index (χ3n) is 3.31. The van der Waals surface area contributed by atoms with E-state index in [-0.39, 0.29) is 11.9 Å². The second-order valence-electron chi connectivity index (χ2n) is 5.38. The van der Waals surface area contributed by atoms with Crippen LogP contribution in [0.1, 0.15) is 39.2 Å². The van der Waals surface area contributed by atoms with Crippen LogP contribution in [-0.4, -0.2) is 18.2 Å². The van der Waals surface area contributed by atoms with Gasteiger partial charge in [0.05, 0.1) is 0 Å². The average molecular weight is 251 g/mol. The molecule has 1 saturated carbocycles. The summed E-state index contributed by atoms with van der Waals surface area (Å²) in [6, 6.07) is 6.04. The van der Waals surface area contributed by atoms with Gasteiger partial charge in [0.15, 0.2) is 0 Å². The van der Waals surface area contributed by atoms with Crippen LogP contribution >= 0.6 is 0 Å². The minimum absolute atomic E-state index is 0.208. The van der Waals surface area contributed by atoms with Gasteiger partial charge in [-0.3, -0.25) is 0 Å².